The lowest BCUT2D eigenvalue weighted by Gasteiger charge is -2.12. The van der Waals surface area contributed by atoms with Crippen LogP contribution in [0.5, 0.6) is 11.5 Å². The summed E-state index contributed by atoms with van der Waals surface area (Å²) in [5.74, 6) is 1.24. The molecular weight excluding hydrogens is 278 g/mol. The third-order valence-corrected chi connectivity index (χ3v) is 2.94. The topological polar surface area (TPSA) is 47.6 Å². The van der Waals surface area contributed by atoms with Crippen molar-refractivity contribution in [2.24, 2.45) is 0 Å². The van der Waals surface area contributed by atoms with Gasteiger partial charge in [-0.1, -0.05) is 24.3 Å². The fraction of sp³-hybridized carbons (Fsp3) is 0.278. The third-order valence-electron chi connectivity index (χ3n) is 2.94. The quantitative estimate of drug-likeness (QED) is 0.882. The summed E-state index contributed by atoms with van der Waals surface area (Å²) in [6.45, 7) is 5.84. The number of ether oxygens (including phenoxy) is 2. The van der Waals surface area contributed by atoms with Crippen LogP contribution < -0.4 is 14.8 Å². The van der Waals surface area contributed by atoms with Crippen molar-refractivity contribution >= 4 is 11.6 Å². The number of carbonyl (C=O) groups is 1. The number of nitrogens with one attached hydrogen (secondary N) is 1. The molecule has 2 aromatic carbocycles. The van der Waals surface area contributed by atoms with Gasteiger partial charge in [0.15, 0.2) is 6.61 Å². The van der Waals surface area contributed by atoms with Crippen molar-refractivity contribution in [3.8, 4) is 11.5 Å². The molecule has 0 aliphatic carbocycles. The Morgan fingerprint density at radius 1 is 1.14 bits per heavy atom. The predicted molar refractivity (Wildman–Crippen MR) is 87.5 cm³/mol. The molecule has 22 heavy (non-hydrogen) atoms. The van der Waals surface area contributed by atoms with Gasteiger partial charge in [-0.3, -0.25) is 4.79 Å². The summed E-state index contributed by atoms with van der Waals surface area (Å²) < 4.78 is 11.1. The van der Waals surface area contributed by atoms with E-state index in [2.05, 4.69) is 5.32 Å². The van der Waals surface area contributed by atoms with Crippen LogP contribution in [0.3, 0.4) is 0 Å². The molecule has 1 amide bonds. The Morgan fingerprint density at radius 3 is 2.64 bits per heavy atom. The number of para-hydroxylation sites is 1. The number of hydrogen-bond donors (Lipinski definition) is 1. The smallest absolute Gasteiger partial charge is 0.262 e. The molecule has 0 saturated carbocycles. The molecule has 0 atom stereocenters. The van der Waals surface area contributed by atoms with Crippen molar-refractivity contribution in [3.05, 3.63) is 54.1 Å². The first-order valence-electron chi connectivity index (χ1n) is 7.29. The number of anilines is 1. The van der Waals surface area contributed by atoms with Crippen molar-refractivity contribution in [2.45, 2.75) is 26.9 Å². The van der Waals surface area contributed by atoms with Crippen LogP contribution in [0.15, 0.2) is 48.5 Å². The molecule has 0 fully saturated rings. The molecule has 0 radical (unpaired) electrons. The van der Waals surface area contributed by atoms with E-state index in [9.17, 15) is 4.79 Å². The summed E-state index contributed by atoms with van der Waals surface area (Å²) in [5, 5.41) is 2.80. The predicted octanol–water partition coefficient (Wildman–Crippen LogP) is 3.80. The maximum Gasteiger partial charge on any atom is 0.262 e. The van der Waals surface area contributed by atoms with E-state index in [-0.39, 0.29) is 18.6 Å². The highest BCUT2D eigenvalue weighted by molar-refractivity contribution is 5.92. The van der Waals surface area contributed by atoms with E-state index in [1.807, 2.05) is 63.2 Å². The Bertz CT molecular complexity index is 638. The zero-order valence-corrected chi connectivity index (χ0v) is 13.1. The second-order valence-electron chi connectivity index (χ2n) is 5.30. The Hall–Kier alpha value is -2.49. The van der Waals surface area contributed by atoms with Crippen molar-refractivity contribution in [1.29, 1.82) is 0 Å². The molecule has 0 aliphatic rings. The summed E-state index contributed by atoms with van der Waals surface area (Å²) >= 11 is 0. The standard InChI is InChI=1S/C18H21NO3/c1-13(2)22-16-9-6-8-15(11-16)19-18(20)12-21-17-10-5-4-7-14(17)3/h4-11,13H,12H2,1-3H3,(H,19,20). The van der Waals surface area contributed by atoms with E-state index in [0.29, 0.717) is 5.69 Å². The molecule has 0 spiro atoms. The van der Waals surface area contributed by atoms with Crippen molar-refractivity contribution in [2.75, 3.05) is 11.9 Å². The SMILES string of the molecule is Cc1ccccc1OCC(=O)Nc1cccc(OC(C)C)c1. The average Bonchev–Trinajstić information content (AvgIpc) is 2.46. The van der Waals surface area contributed by atoms with Crippen molar-refractivity contribution in [1.82, 2.24) is 0 Å². The maximum atomic E-state index is 12.0. The van der Waals surface area contributed by atoms with Crippen LogP contribution in [0.25, 0.3) is 0 Å². The minimum Gasteiger partial charge on any atom is -0.491 e. The molecular formula is C18H21NO3. The van der Waals surface area contributed by atoms with Gasteiger partial charge >= 0.3 is 0 Å². The van der Waals surface area contributed by atoms with E-state index in [1.54, 1.807) is 6.07 Å². The van der Waals surface area contributed by atoms with Gasteiger partial charge in [-0.05, 0) is 44.5 Å². The fourth-order valence-electron chi connectivity index (χ4n) is 1.98. The largest absolute Gasteiger partial charge is 0.491 e. The van der Waals surface area contributed by atoms with Crippen LogP contribution >= 0.6 is 0 Å². The van der Waals surface area contributed by atoms with E-state index in [4.69, 9.17) is 9.47 Å². The number of amides is 1. The minimum atomic E-state index is -0.204. The Kier molecular flexibility index (Phi) is 5.42. The zero-order valence-electron chi connectivity index (χ0n) is 13.1. The van der Waals surface area contributed by atoms with E-state index < -0.39 is 0 Å². The van der Waals surface area contributed by atoms with Gasteiger partial charge in [-0.2, -0.15) is 0 Å². The molecule has 2 aromatic rings. The van der Waals surface area contributed by atoms with E-state index in [0.717, 1.165) is 17.1 Å². The third kappa shape index (κ3) is 4.81. The van der Waals surface area contributed by atoms with Gasteiger partial charge in [0.1, 0.15) is 11.5 Å². The van der Waals surface area contributed by atoms with Crippen LogP contribution in [0.4, 0.5) is 5.69 Å². The molecule has 2 rings (SSSR count). The lowest BCUT2D eigenvalue weighted by atomic mass is 10.2. The number of carbonyl (C=O) groups excluding carboxylic acids is 1. The van der Waals surface area contributed by atoms with Crippen LogP contribution in [0.2, 0.25) is 0 Å². The lowest BCUT2D eigenvalue weighted by Crippen LogP contribution is -2.20. The van der Waals surface area contributed by atoms with Gasteiger partial charge in [0.05, 0.1) is 6.10 Å². The highest BCUT2D eigenvalue weighted by atomic mass is 16.5. The summed E-state index contributed by atoms with van der Waals surface area (Å²) in [6, 6.07) is 14.9. The zero-order chi connectivity index (χ0) is 15.9. The first kappa shape index (κ1) is 15.9. The Labute approximate surface area is 131 Å². The Morgan fingerprint density at radius 2 is 1.91 bits per heavy atom. The van der Waals surface area contributed by atoms with E-state index >= 15 is 0 Å². The lowest BCUT2D eigenvalue weighted by molar-refractivity contribution is -0.118. The van der Waals surface area contributed by atoms with Crippen LogP contribution in [-0.2, 0) is 4.79 Å². The minimum absolute atomic E-state index is 0.0277. The fourth-order valence-corrected chi connectivity index (χ4v) is 1.98. The molecule has 0 unspecified atom stereocenters. The first-order valence-corrected chi connectivity index (χ1v) is 7.29. The summed E-state index contributed by atoms with van der Waals surface area (Å²) in [5.41, 5.74) is 1.69. The van der Waals surface area contributed by atoms with Gasteiger partial charge in [-0.25, -0.2) is 0 Å². The second-order valence-corrected chi connectivity index (χ2v) is 5.30. The van der Waals surface area contributed by atoms with Crippen molar-refractivity contribution in [3.63, 3.8) is 0 Å². The second kappa shape index (κ2) is 7.50. The van der Waals surface area contributed by atoms with Crippen LogP contribution in [0.1, 0.15) is 19.4 Å². The van der Waals surface area contributed by atoms with Crippen LogP contribution in [-0.4, -0.2) is 18.6 Å². The molecule has 0 saturated heterocycles. The highest BCUT2D eigenvalue weighted by Crippen LogP contribution is 2.19. The molecule has 1 N–H and O–H groups in total. The first-order chi connectivity index (χ1) is 10.5. The number of aryl methyl sites for hydroxylation is 1. The Balaban J connectivity index is 1.91. The summed E-state index contributed by atoms with van der Waals surface area (Å²) in [6.07, 6.45) is 0.0929. The summed E-state index contributed by atoms with van der Waals surface area (Å²) in [4.78, 5) is 12.0. The van der Waals surface area contributed by atoms with Crippen molar-refractivity contribution < 1.29 is 14.3 Å². The molecule has 0 aliphatic heterocycles. The number of rotatable bonds is 6. The average molecular weight is 299 g/mol. The molecule has 4 heteroatoms. The normalized spacial score (nSPS) is 10.4. The number of hydrogen-bond acceptors (Lipinski definition) is 3. The maximum absolute atomic E-state index is 12.0. The molecule has 116 valence electrons. The van der Waals surface area contributed by atoms with Gasteiger partial charge in [0, 0.05) is 11.8 Å². The van der Waals surface area contributed by atoms with Crippen LogP contribution in [0, 0.1) is 6.92 Å². The van der Waals surface area contributed by atoms with Gasteiger partial charge in [-0.15, -0.1) is 0 Å². The molecule has 0 aromatic heterocycles. The van der Waals surface area contributed by atoms with Gasteiger partial charge < -0.3 is 14.8 Å². The number of benzene rings is 2. The molecule has 0 bridgehead atoms. The molecule has 0 heterocycles. The summed E-state index contributed by atoms with van der Waals surface area (Å²) in [7, 11) is 0. The monoisotopic (exact) mass is 299 g/mol. The molecule has 4 nitrogen and oxygen atoms in total. The van der Waals surface area contributed by atoms with E-state index in [1.165, 1.54) is 0 Å². The van der Waals surface area contributed by atoms with Gasteiger partial charge in [0.2, 0.25) is 0 Å². The highest BCUT2D eigenvalue weighted by Gasteiger charge is 2.06. The van der Waals surface area contributed by atoms with Gasteiger partial charge in [0.25, 0.3) is 5.91 Å².